The van der Waals surface area contributed by atoms with Gasteiger partial charge in [0.2, 0.25) is 0 Å². The number of hydrogen-bond acceptors (Lipinski definition) is 5. The monoisotopic (exact) mass is 468 g/mol. The van der Waals surface area contributed by atoms with Gasteiger partial charge in [-0.05, 0) is 48.8 Å². The molecule has 1 atom stereocenters. The van der Waals surface area contributed by atoms with Crippen LogP contribution in [0, 0.1) is 0 Å². The van der Waals surface area contributed by atoms with E-state index in [2.05, 4.69) is 5.32 Å². The summed E-state index contributed by atoms with van der Waals surface area (Å²) in [6, 6.07) is 12.6. The summed E-state index contributed by atoms with van der Waals surface area (Å²) in [5, 5.41) is 3.21. The summed E-state index contributed by atoms with van der Waals surface area (Å²) in [4.78, 5) is 38.8. The van der Waals surface area contributed by atoms with Crippen LogP contribution < -0.4 is 10.2 Å². The summed E-state index contributed by atoms with van der Waals surface area (Å²) in [6.45, 7) is -0.433. The zero-order valence-corrected chi connectivity index (χ0v) is 18.9. The number of para-hydroxylation sites is 1. The molecule has 0 radical (unpaired) electrons. The third kappa shape index (κ3) is 6.93. The number of halogens is 2. The molecule has 2 amide bonds. The van der Waals surface area contributed by atoms with Crippen LogP contribution >= 0.6 is 35.0 Å². The van der Waals surface area contributed by atoms with Crippen molar-refractivity contribution in [3.05, 3.63) is 64.1 Å². The molecule has 0 aromatic heterocycles. The molecule has 2 aromatic rings. The van der Waals surface area contributed by atoms with Crippen molar-refractivity contribution in [1.29, 1.82) is 0 Å². The van der Waals surface area contributed by atoms with Gasteiger partial charge in [0.05, 0.1) is 10.6 Å². The molecule has 0 spiro atoms. The van der Waals surface area contributed by atoms with E-state index < -0.39 is 24.5 Å². The van der Waals surface area contributed by atoms with Gasteiger partial charge >= 0.3 is 5.97 Å². The highest BCUT2D eigenvalue weighted by Gasteiger charge is 2.25. The lowest BCUT2D eigenvalue weighted by Crippen LogP contribution is -2.43. The normalized spacial score (nSPS) is 11.5. The molecule has 0 saturated heterocycles. The number of anilines is 1. The Hall–Kier alpha value is -2.22. The Balaban J connectivity index is 2.00. The van der Waals surface area contributed by atoms with Gasteiger partial charge in [-0.2, -0.15) is 11.8 Å². The zero-order valence-electron chi connectivity index (χ0n) is 16.6. The number of ether oxygens (including phenoxy) is 1. The second-order valence-electron chi connectivity index (χ2n) is 6.33. The number of amides is 2. The Labute approximate surface area is 189 Å². The number of rotatable bonds is 9. The molecule has 0 aliphatic rings. The summed E-state index contributed by atoms with van der Waals surface area (Å²) in [5.74, 6) is -0.971. The maximum Gasteiger partial charge on any atom is 0.329 e. The van der Waals surface area contributed by atoms with Crippen LogP contribution in [-0.4, -0.2) is 49.5 Å². The average molecular weight is 469 g/mol. The minimum Gasteiger partial charge on any atom is -0.454 e. The fraction of sp³-hybridized carbons (Fsp3) is 0.286. The molecule has 0 aliphatic heterocycles. The van der Waals surface area contributed by atoms with Crippen LogP contribution in [0.1, 0.15) is 16.8 Å². The molecule has 1 unspecified atom stereocenters. The molecule has 9 heteroatoms. The highest BCUT2D eigenvalue weighted by Crippen LogP contribution is 2.21. The molecular weight excluding hydrogens is 447 g/mol. The molecule has 2 rings (SSSR count). The molecule has 0 fully saturated rings. The lowest BCUT2D eigenvalue weighted by atomic mass is 10.1. The number of hydrogen-bond donors (Lipinski definition) is 1. The van der Waals surface area contributed by atoms with E-state index in [9.17, 15) is 14.4 Å². The third-order valence-corrected chi connectivity index (χ3v) is 5.42. The second-order valence-corrected chi connectivity index (χ2v) is 8.16. The average Bonchev–Trinajstić information content (AvgIpc) is 2.74. The number of nitrogens with one attached hydrogen (secondary N) is 1. The van der Waals surface area contributed by atoms with Crippen molar-refractivity contribution in [2.75, 3.05) is 30.6 Å². The fourth-order valence-corrected chi connectivity index (χ4v) is 3.49. The van der Waals surface area contributed by atoms with Gasteiger partial charge in [0, 0.05) is 17.8 Å². The summed E-state index contributed by atoms with van der Waals surface area (Å²) >= 11 is 13.5. The van der Waals surface area contributed by atoms with Crippen LogP contribution in [-0.2, 0) is 14.3 Å². The number of benzene rings is 2. The van der Waals surface area contributed by atoms with E-state index in [-0.39, 0.29) is 16.5 Å². The Bertz CT molecular complexity index is 896. The standard InChI is InChI=1S/C21H22Cl2N2O4S/c1-25(15-6-4-3-5-7-15)19(26)13-29-21(28)18(10-11-30-2)24-20(27)16-9-8-14(22)12-17(16)23/h3-9,12,18H,10-11,13H2,1-2H3,(H,24,27). The molecular formula is C21H22Cl2N2O4S. The highest BCUT2D eigenvalue weighted by molar-refractivity contribution is 7.98. The molecule has 0 saturated carbocycles. The predicted molar refractivity (Wildman–Crippen MR) is 122 cm³/mol. The number of thioether (sulfide) groups is 1. The smallest absolute Gasteiger partial charge is 0.329 e. The van der Waals surface area contributed by atoms with Gasteiger partial charge in [-0.25, -0.2) is 4.79 Å². The Morgan fingerprint density at radius 2 is 1.83 bits per heavy atom. The van der Waals surface area contributed by atoms with Crippen LogP contribution in [0.2, 0.25) is 10.0 Å². The largest absolute Gasteiger partial charge is 0.454 e. The van der Waals surface area contributed by atoms with Crippen molar-refractivity contribution in [3.63, 3.8) is 0 Å². The van der Waals surface area contributed by atoms with Gasteiger partial charge in [-0.1, -0.05) is 41.4 Å². The summed E-state index contributed by atoms with van der Waals surface area (Å²) in [7, 11) is 1.60. The molecule has 30 heavy (non-hydrogen) atoms. The van der Waals surface area contributed by atoms with E-state index in [1.807, 2.05) is 12.3 Å². The number of nitrogens with zero attached hydrogens (tertiary/aromatic N) is 1. The summed E-state index contributed by atoms with van der Waals surface area (Å²) in [6.07, 6.45) is 2.23. The first-order chi connectivity index (χ1) is 14.3. The van der Waals surface area contributed by atoms with Crippen molar-refractivity contribution < 1.29 is 19.1 Å². The molecule has 0 heterocycles. The molecule has 160 valence electrons. The fourth-order valence-electron chi connectivity index (χ4n) is 2.52. The quantitative estimate of drug-likeness (QED) is 0.561. The highest BCUT2D eigenvalue weighted by atomic mass is 35.5. The number of esters is 1. The van der Waals surface area contributed by atoms with Crippen molar-refractivity contribution in [1.82, 2.24) is 5.32 Å². The van der Waals surface area contributed by atoms with Gasteiger partial charge in [0.1, 0.15) is 6.04 Å². The van der Waals surface area contributed by atoms with E-state index in [0.717, 1.165) is 0 Å². The van der Waals surface area contributed by atoms with Crippen LogP contribution in [0.25, 0.3) is 0 Å². The molecule has 0 bridgehead atoms. The van der Waals surface area contributed by atoms with Crippen LogP contribution in [0.15, 0.2) is 48.5 Å². The Kier molecular flexibility index (Phi) is 9.49. The topological polar surface area (TPSA) is 75.7 Å². The van der Waals surface area contributed by atoms with Crippen molar-refractivity contribution in [2.24, 2.45) is 0 Å². The Morgan fingerprint density at radius 3 is 2.47 bits per heavy atom. The maximum atomic E-state index is 12.6. The van der Waals surface area contributed by atoms with Gasteiger partial charge in [-0.15, -0.1) is 0 Å². The molecule has 0 aliphatic carbocycles. The molecule has 2 aromatic carbocycles. The van der Waals surface area contributed by atoms with E-state index in [1.165, 1.54) is 34.9 Å². The number of likely N-dealkylation sites (N-methyl/N-ethyl adjacent to an activating group) is 1. The van der Waals surface area contributed by atoms with Crippen LogP contribution in [0.4, 0.5) is 5.69 Å². The minimum absolute atomic E-state index is 0.177. The minimum atomic E-state index is -0.911. The van der Waals surface area contributed by atoms with Crippen molar-refractivity contribution in [2.45, 2.75) is 12.5 Å². The van der Waals surface area contributed by atoms with E-state index >= 15 is 0 Å². The molecule has 1 N–H and O–H groups in total. The second kappa shape index (κ2) is 11.8. The first-order valence-corrected chi connectivity index (χ1v) is 11.2. The van der Waals surface area contributed by atoms with Crippen molar-refractivity contribution in [3.8, 4) is 0 Å². The van der Waals surface area contributed by atoms with Crippen LogP contribution in [0.3, 0.4) is 0 Å². The third-order valence-electron chi connectivity index (χ3n) is 4.23. The maximum absolute atomic E-state index is 12.6. The van der Waals surface area contributed by atoms with Crippen LogP contribution in [0.5, 0.6) is 0 Å². The van der Waals surface area contributed by atoms with E-state index in [4.69, 9.17) is 27.9 Å². The Morgan fingerprint density at radius 1 is 1.13 bits per heavy atom. The number of carbonyl (C=O) groups is 3. The number of carbonyl (C=O) groups excluding carboxylic acids is 3. The van der Waals surface area contributed by atoms with Gasteiger partial charge in [-0.3, -0.25) is 9.59 Å². The lowest BCUT2D eigenvalue weighted by molar-refractivity contribution is -0.149. The zero-order chi connectivity index (χ0) is 22.1. The molecule has 6 nitrogen and oxygen atoms in total. The van der Waals surface area contributed by atoms with E-state index in [1.54, 1.807) is 31.3 Å². The first-order valence-electron chi connectivity index (χ1n) is 9.06. The van der Waals surface area contributed by atoms with Gasteiger partial charge in [0.25, 0.3) is 11.8 Å². The van der Waals surface area contributed by atoms with Gasteiger partial charge in [0.15, 0.2) is 6.61 Å². The summed E-state index contributed by atoms with van der Waals surface area (Å²) in [5.41, 5.74) is 0.881. The van der Waals surface area contributed by atoms with E-state index in [0.29, 0.717) is 22.9 Å². The lowest BCUT2D eigenvalue weighted by Gasteiger charge is -2.20. The predicted octanol–water partition coefficient (Wildman–Crippen LogP) is 4.05. The van der Waals surface area contributed by atoms with Crippen molar-refractivity contribution >= 4 is 58.4 Å². The first kappa shape index (κ1) is 24.1. The summed E-state index contributed by atoms with van der Waals surface area (Å²) < 4.78 is 5.18. The van der Waals surface area contributed by atoms with Gasteiger partial charge < -0.3 is 15.0 Å². The SMILES string of the molecule is CSCCC(NC(=O)c1ccc(Cl)cc1Cl)C(=O)OCC(=O)N(C)c1ccccc1.